The fraction of sp³-hybridized carbons (Fsp3) is 0.700. The first-order valence-electron chi connectivity index (χ1n) is 4.63. The number of hydrogen-bond donors (Lipinski definition) is 0. The summed E-state index contributed by atoms with van der Waals surface area (Å²) in [4.78, 5) is 10.8. The SMILES string of the molecule is C=CC(=O)OC[P+](C)(C)CCCC. The molecule has 0 saturated heterocycles. The molecule has 0 N–H and O–H groups in total. The molecule has 0 spiro atoms. The second kappa shape index (κ2) is 6.15. The Kier molecular flexibility index (Phi) is 5.98. The average Bonchev–Trinajstić information content (AvgIpc) is 2.11. The van der Waals surface area contributed by atoms with Crippen molar-refractivity contribution in [2.75, 3.05) is 25.8 Å². The first kappa shape index (κ1) is 12.6. The maximum absolute atomic E-state index is 10.8. The predicted molar refractivity (Wildman–Crippen MR) is 59.7 cm³/mol. The van der Waals surface area contributed by atoms with E-state index in [1.807, 2.05) is 0 Å². The molecule has 0 aliphatic rings. The summed E-state index contributed by atoms with van der Waals surface area (Å²) in [6.07, 6.45) is 5.46. The number of carbonyl (C=O) groups excluding carboxylic acids is 1. The highest BCUT2D eigenvalue weighted by atomic mass is 31.2. The van der Waals surface area contributed by atoms with Crippen LogP contribution in [0.2, 0.25) is 0 Å². The van der Waals surface area contributed by atoms with E-state index >= 15 is 0 Å². The van der Waals surface area contributed by atoms with Crippen molar-refractivity contribution in [3.63, 3.8) is 0 Å². The average molecular weight is 203 g/mol. The molecule has 0 unspecified atom stereocenters. The van der Waals surface area contributed by atoms with Crippen LogP contribution >= 0.6 is 7.26 Å². The summed E-state index contributed by atoms with van der Waals surface area (Å²) >= 11 is 0. The molecule has 0 radical (unpaired) electrons. The van der Waals surface area contributed by atoms with Gasteiger partial charge in [0.05, 0.1) is 19.5 Å². The molecule has 0 aliphatic heterocycles. The van der Waals surface area contributed by atoms with Crippen LogP contribution < -0.4 is 0 Å². The van der Waals surface area contributed by atoms with Crippen LogP contribution in [-0.2, 0) is 9.53 Å². The Hall–Kier alpha value is -0.360. The van der Waals surface area contributed by atoms with Crippen molar-refractivity contribution in [1.82, 2.24) is 0 Å². The summed E-state index contributed by atoms with van der Waals surface area (Å²) in [5.74, 6) is -0.301. The normalized spacial score (nSPS) is 11.0. The molecule has 0 atom stereocenters. The van der Waals surface area contributed by atoms with Gasteiger partial charge in [0.1, 0.15) is 0 Å². The van der Waals surface area contributed by atoms with Crippen molar-refractivity contribution < 1.29 is 9.53 Å². The Morgan fingerprint density at radius 1 is 1.54 bits per heavy atom. The Morgan fingerprint density at radius 2 is 2.15 bits per heavy atom. The Morgan fingerprint density at radius 3 is 2.62 bits per heavy atom. The minimum Gasteiger partial charge on any atom is -0.427 e. The van der Waals surface area contributed by atoms with Gasteiger partial charge in [-0.15, -0.1) is 0 Å². The molecule has 0 aromatic heterocycles. The van der Waals surface area contributed by atoms with Crippen LogP contribution in [0.4, 0.5) is 0 Å². The van der Waals surface area contributed by atoms with Gasteiger partial charge in [-0.05, 0) is 6.42 Å². The van der Waals surface area contributed by atoms with E-state index in [0.717, 1.165) is 0 Å². The second-order valence-electron chi connectivity index (χ2n) is 3.81. The van der Waals surface area contributed by atoms with Gasteiger partial charge in [-0.3, -0.25) is 0 Å². The lowest BCUT2D eigenvalue weighted by Gasteiger charge is -2.16. The van der Waals surface area contributed by atoms with Crippen molar-refractivity contribution in [1.29, 1.82) is 0 Å². The molecule has 0 fully saturated rings. The van der Waals surface area contributed by atoms with Gasteiger partial charge in [0.25, 0.3) is 0 Å². The van der Waals surface area contributed by atoms with Gasteiger partial charge in [0.2, 0.25) is 0 Å². The third-order valence-corrected chi connectivity index (χ3v) is 4.19. The van der Waals surface area contributed by atoms with Crippen LogP contribution in [0.25, 0.3) is 0 Å². The van der Waals surface area contributed by atoms with Crippen LogP contribution in [0.1, 0.15) is 19.8 Å². The number of carbonyl (C=O) groups is 1. The van der Waals surface area contributed by atoms with Gasteiger partial charge in [-0.2, -0.15) is 0 Å². The first-order chi connectivity index (χ1) is 6.02. The molecule has 0 aromatic rings. The summed E-state index contributed by atoms with van der Waals surface area (Å²) in [6, 6.07) is 0. The van der Waals surface area contributed by atoms with E-state index in [0.29, 0.717) is 6.35 Å². The Balaban J connectivity index is 3.74. The van der Waals surface area contributed by atoms with Crippen molar-refractivity contribution in [2.24, 2.45) is 0 Å². The lowest BCUT2D eigenvalue weighted by atomic mass is 10.4. The topological polar surface area (TPSA) is 26.3 Å². The summed E-state index contributed by atoms with van der Waals surface area (Å²) in [5, 5.41) is 0. The predicted octanol–water partition coefficient (Wildman–Crippen LogP) is 2.75. The van der Waals surface area contributed by atoms with E-state index in [1.54, 1.807) is 0 Å². The van der Waals surface area contributed by atoms with E-state index in [-0.39, 0.29) is 5.97 Å². The highest BCUT2D eigenvalue weighted by molar-refractivity contribution is 7.74. The molecule has 0 aromatic carbocycles. The van der Waals surface area contributed by atoms with Gasteiger partial charge in [0, 0.05) is 13.3 Å². The zero-order valence-corrected chi connectivity index (χ0v) is 9.77. The third kappa shape index (κ3) is 6.77. The zero-order chi connectivity index (χ0) is 10.3. The van der Waals surface area contributed by atoms with Crippen LogP contribution in [0.3, 0.4) is 0 Å². The monoisotopic (exact) mass is 203 g/mol. The Bertz CT molecular complexity index is 176. The van der Waals surface area contributed by atoms with Crippen molar-refractivity contribution in [3.8, 4) is 0 Å². The molecule has 0 bridgehead atoms. The molecule has 3 heteroatoms. The van der Waals surface area contributed by atoms with Crippen molar-refractivity contribution in [2.45, 2.75) is 19.8 Å². The molecule has 13 heavy (non-hydrogen) atoms. The van der Waals surface area contributed by atoms with Gasteiger partial charge < -0.3 is 4.74 Å². The summed E-state index contributed by atoms with van der Waals surface area (Å²) in [7, 11) is -1.02. The van der Waals surface area contributed by atoms with E-state index in [4.69, 9.17) is 4.74 Å². The van der Waals surface area contributed by atoms with Crippen LogP contribution in [0.5, 0.6) is 0 Å². The molecule has 0 rings (SSSR count). The van der Waals surface area contributed by atoms with Gasteiger partial charge in [-0.1, -0.05) is 19.9 Å². The van der Waals surface area contributed by atoms with Crippen molar-refractivity contribution in [3.05, 3.63) is 12.7 Å². The molecule has 0 heterocycles. The standard InChI is InChI=1S/C10H20O2P/c1-5-7-8-13(3,4)9-12-10(11)6-2/h6H,2,5,7-9H2,1,3-4H3/q+1. The molecular weight excluding hydrogens is 183 g/mol. The van der Waals surface area contributed by atoms with E-state index < -0.39 is 7.26 Å². The second-order valence-corrected chi connectivity index (χ2v) is 8.39. The molecule has 76 valence electrons. The third-order valence-electron chi connectivity index (χ3n) is 1.84. The summed E-state index contributed by atoms with van der Waals surface area (Å²) < 4.78 is 5.05. The van der Waals surface area contributed by atoms with Crippen molar-refractivity contribution >= 4 is 13.2 Å². The minimum atomic E-state index is -1.02. The highest BCUT2D eigenvalue weighted by Gasteiger charge is 2.25. The smallest absolute Gasteiger partial charge is 0.333 e. The highest BCUT2D eigenvalue weighted by Crippen LogP contribution is 2.51. The molecule has 0 saturated carbocycles. The zero-order valence-electron chi connectivity index (χ0n) is 8.88. The van der Waals surface area contributed by atoms with Crippen LogP contribution in [0.15, 0.2) is 12.7 Å². The summed E-state index contributed by atoms with van der Waals surface area (Å²) in [6.45, 7) is 9.98. The lowest BCUT2D eigenvalue weighted by molar-refractivity contribution is -0.135. The molecule has 2 nitrogen and oxygen atoms in total. The fourth-order valence-corrected chi connectivity index (χ4v) is 2.73. The van der Waals surface area contributed by atoms with E-state index in [2.05, 4.69) is 26.8 Å². The van der Waals surface area contributed by atoms with Crippen LogP contribution in [0, 0.1) is 0 Å². The van der Waals surface area contributed by atoms with Gasteiger partial charge in [0.15, 0.2) is 6.35 Å². The number of unbranched alkanes of at least 4 members (excludes halogenated alkanes) is 1. The molecule has 0 amide bonds. The quantitative estimate of drug-likeness (QED) is 0.377. The van der Waals surface area contributed by atoms with Gasteiger partial charge >= 0.3 is 5.97 Å². The minimum absolute atomic E-state index is 0.301. The fourth-order valence-electron chi connectivity index (χ4n) is 0.948. The first-order valence-corrected chi connectivity index (χ1v) is 7.68. The van der Waals surface area contributed by atoms with E-state index in [1.165, 1.54) is 25.1 Å². The van der Waals surface area contributed by atoms with Crippen LogP contribution in [-0.4, -0.2) is 31.8 Å². The molecular formula is C10H20O2P+. The lowest BCUT2D eigenvalue weighted by Crippen LogP contribution is -2.08. The number of esters is 1. The molecule has 0 aliphatic carbocycles. The maximum atomic E-state index is 10.8. The number of ether oxygens (including phenoxy) is 1. The van der Waals surface area contributed by atoms with Gasteiger partial charge in [-0.25, -0.2) is 4.79 Å². The largest absolute Gasteiger partial charge is 0.427 e. The number of hydrogen-bond acceptors (Lipinski definition) is 2. The maximum Gasteiger partial charge on any atom is 0.333 e. The number of rotatable bonds is 6. The summed E-state index contributed by atoms with van der Waals surface area (Å²) in [5.41, 5.74) is 0. The van der Waals surface area contributed by atoms with E-state index in [9.17, 15) is 4.79 Å². The Labute approximate surface area is 81.7 Å².